The summed E-state index contributed by atoms with van der Waals surface area (Å²) < 4.78 is 1.73. The Balaban J connectivity index is 2.08. The van der Waals surface area contributed by atoms with E-state index in [1.54, 1.807) is 4.68 Å². The summed E-state index contributed by atoms with van der Waals surface area (Å²) in [6.07, 6.45) is 2.30. The molecule has 5 heteroatoms. The molecule has 0 amide bonds. The monoisotopic (exact) mass is 259 g/mol. The molecule has 0 radical (unpaired) electrons. The molecule has 1 N–H and O–H groups in total. The van der Waals surface area contributed by atoms with Gasteiger partial charge in [0.1, 0.15) is 0 Å². The molecule has 2 unspecified atom stereocenters. The van der Waals surface area contributed by atoms with E-state index in [0.717, 1.165) is 12.1 Å². The van der Waals surface area contributed by atoms with Gasteiger partial charge in [0.2, 0.25) is 5.95 Å². The molecule has 102 valence electrons. The molecular weight excluding hydrogens is 238 g/mol. The molecule has 1 heterocycles. The Bertz CT molecular complexity index is 494. The van der Waals surface area contributed by atoms with Crippen LogP contribution in [0.15, 0.2) is 30.3 Å². The summed E-state index contributed by atoms with van der Waals surface area (Å²) in [5, 5.41) is 15.2. The maximum absolute atomic E-state index is 4.06. The van der Waals surface area contributed by atoms with Crippen molar-refractivity contribution in [1.82, 2.24) is 20.2 Å². The van der Waals surface area contributed by atoms with Gasteiger partial charge in [-0.3, -0.25) is 0 Å². The number of benzene rings is 1. The lowest BCUT2D eigenvalue weighted by Crippen LogP contribution is -2.20. The van der Waals surface area contributed by atoms with Crippen molar-refractivity contribution in [3.05, 3.63) is 30.3 Å². The number of rotatable bonds is 6. The van der Waals surface area contributed by atoms with Crippen LogP contribution in [-0.4, -0.2) is 26.2 Å². The van der Waals surface area contributed by atoms with Crippen molar-refractivity contribution in [2.24, 2.45) is 5.92 Å². The number of tetrazole rings is 1. The predicted molar refractivity (Wildman–Crippen MR) is 76.3 cm³/mol. The SMILES string of the molecule is CCC(C)CC(C)Nc1nnnn1-c1ccccc1. The van der Waals surface area contributed by atoms with Crippen molar-refractivity contribution in [2.45, 2.75) is 39.7 Å². The van der Waals surface area contributed by atoms with Gasteiger partial charge in [-0.25, -0.2) is 0 Å². The summed E-state index contributed by atoms with van der Waals surface area (Å²) >= 11 is 0. The number of nitrogens with zero attached hydrogens (tertiary/aromatic N) is 4. The summed E-state index contributed by atoms with van der Waals surface area (Å²) in [5.74, 6) is 1.39. The Morgan fingerprint density at radius 3 is 2.63 bits per heavy atom. The van der Waals surface area contributed by atoms with E-state index >= 15 is 0 Å². The van der Waals surface area contributed by atoms with Crippen molar-refractivity contribution in [3.8, 4) is 5.69 Å². The fourth-order valence-corrected chi connectivity index (χ4v) is 2.07. The van der Waals surface area contributed by atoms with E-state index in [0.29, 0.717) is 17.9 Å². The standard InChI is InChI=1S/C14H21N5/c1-4-11(2)10-12(3)15-14-16-17-18-19(14)13-8-6-5-7-9-13/h5-9,11-12H,4,10H2,1-3H3,(H,15,16,18). The van der Waals surface area contributed by atoms with Gasteiger partial charge in [0.15, 0.2) is 0 Å². The molecule has 0 aliphatic carbocycles. The van der Waals surface area contributed by atoms with Crippen LogP contribution in [0.3, 0.4) is 0 Å². The van der Waals surface area contributed by atoms with Gasteiger partial charge >= 0.3 is 0 Å². The molecule has 5 nitrogen and oxygen atoms in total. The van der Waals surface area contributed by atoms with Gasteiger partial charge in [-0.1, -0.05) is 43.6 Å². The summed E-state index contributed by atoms with van der Waals surface area (Å²) in [6.45, 7) is 6.64. The number of anilines is 1. The van der Waals surface area contributed by atoms with Crippen LogP contribution in [0.4, 0.5) is 5.95 Å². The van der Waals surface area contributed by atoms with E-state index in [1.807, 2.05) is 30.3 Å². The Morgan fingerprint density at radius 2 is 1.95 bits per heavy atom. The maximum Gasteiger partial charge on any atom is 0.247 e. The van der Waals surface area contributed by atoms with Crippen LogP contribution < -0.4 is 5.32 Å². The average Bonchev–Trinajstić information content (AvgIpc) is 2.87. The lowest BCUT2D eigenvalue weighted by atomic mass is 10.0. The molecule has 1 aromatic heterocycles. The van der Waals surface area contributed by atoms with Crippen LogP contribution in [0, 0.1) is 5.92 Å². The molecule has 0 spiro atoms. The van der Waals surface area contributed by atoms with Crippen molar-refractivity contribution < 1.29 is 0 Å². The van der Waals surface area contributed by atoms with Gasteiger partial charge < -0.3 is 5.32 Å². The lowest BCUT2D eigenvalue weighted by molar-refractivity contribution is 0.482. The molecule has 0 aliphatic rings. The van der Waals surface area contributed by atoms with Crippen LogP contribution in [0.2, 0.25) is 0 Å². The quantitative estimate of drug-likeness (QED) is 0.866. The summed E-state index contributed by atoms with van der Waals surface area (Å²) in [4.78, 5) is 0. The molecule has 0 saturated carbocycles. The number of aromatic nitrogens is 4. The van der Waals surface area contributed by atoms with Gasteiger partial charge in [-0.15, -0.1) is 0 Å². The zero-order chi connectivity index (χ0) is 13.7. The Kier molecular flexibility index (Phi) is 4.49. The molecule has 2 rings (SSSR count). The van der Waals surface area contributed by atoms with E-state index in [2.05, 4.69) is 41.6 Å². The largest absolute Gasteiger partial charge is 0.350 e. The Morgan fingerprint density at radius 1 is 1.21 bits per heavy atom. The lowest BCUT2D eigenvalue weighted by Gasteiger charge is -2.17. The second kappa shape index (κ2) is 6.31. The zero-order valence-electron chi connectivity index (χ0n) is 11.7. The van der Waals surface area contributed by atoms with E-state index in [1.165, 1.54) is 6.42 Å². The van der Waals surface area contributed by atoms with Crippen LogP contribution in [0.5, 0.6) is 0 Å². The number of hydrogen-bond acceptors (Lipinski definition) is 4. The van der Waals surface area contributed by atoms with E-state index in [9.17, 15) is 0 Å². The third-order valence-electron chi connectivity index (χ3n) is 3.30. The van der Waals surface area contributed by atoms with Crippen LogP contribution >= 0.6 is 0 Å². The predicted octanol–water partition coefficient (Wildman–Crippen LogP) is 2.90. The molecule has 1 aromatic carbocycles. The molecule has 0 fully saturated rings. The highest BCUT2D eigenvalue weighted by molar-refractivity contribution is 5.38. The summed E-state index contributed by atoms with van der Waals surface area (Å²) in [6, 6.07) is 10.3. The van der Waals surface area contributed by atoms with Gasteiger partial charge in [0.05, 0.1) is 5.69 Å². The highest BCUT2D eigenvalue weighted by Gasteiger charge is 2.12. The molecule has 0 bridgehead atoms. The van der Waals surface area contributed by atoms with E-state index < -0.39 is 0 Å². The maximum atomic E-state index is 4.06. The number of hydrogen-bond donors (Lipinski definition) is 1. The molecule has 19 heavy (non-hydrogen) atoms. The van der Waals surface area contributed by atoms with E-state index in [4.69, 9.17) is 0 Å². The normalized spacial score (nSPS) is 14.1. The highest BCUT2D eigenvalue weighted by atomic mass is 15.6. The fourth-order valence-electron chi connectivity index (χ4n) is 2.07. The fraction of sp³-hybridized carbons (Fsp3) is 0.500. The third-order valence-corrected chi connectivity index (χ3v) is 3.30. The smallest absolute Gasteiger partial charge is 0.247 e. The van der Waals surface area contributed by atoms with Gasteiger partial charge in [0.25, 0.3) is 0 Å². The molecular formula is C14H21N5. The first-order chi connectivity index (χ1) is 9.20. The number of para-hydroxylation sites is 1. The topological polar surface area (TPSA) is 55.6 Å². The van der Waals surface area contributed by atoms with Crippen LogP contribution in [-0.2, 0) is 0 Å². The minimum absolute atomic E-state index is 0.350. The summed E-state index contributed by atoms with van der Waals surface area (Å²) in [5.41, 5.74) is 0.964. The Labute approximate surface area is 114 Å². The van der Waals surface area contributed by atoms with Crippen molar-refractivity contribution >= 4 is 5.95 Å². The Hall–Kier alpha value is -1.91. The number of nitrogens with one attached hydrogen (secondary N) is 1. The molecule has 2 aromatic rings. The highest BCUT2D eigenvalue weighted by Crippen LogP contribution is 2.15. The summed E-state index contributed by atoms with van der Waals surface area (Å²) in [7, 11) is 0. The first-order valence-electron chi connectivity index (χ1n) is 6.81. The van der Waals surface area contributed by atoms with Crippen LogP contribution in [0.1, 0.15) is 33.6 Å². The van der Waals surface area contributed by atoms with E-state index in [-0.39, 0.29) is 0 Å². The van der Waals surface area contributed by atoms with Crippen LogP contribution in [0.25, 0.3) is 5.69 Å². The average molecular weight is 259 g/mol. The molecule has 0 saturated heterocycles. The van der Waals surface area contributed by atoms with Crippen molar-refractivity contribution in [3.63, 3.8) is 0 Å². The zero-order valence-corrected chi connectivity index (χ0v) is 11.7. The molecule has 2 atom stereocenters. The molecule has 0 aliphatic heterocycles. The van der Waals surface area contributed by atoms with Crippen molar-refractivity contribution in [2.75, 3.05) is 5.32 Å². The van der Waals surface area contributed by atoms with Gasteiger partial charge in [-0.05, 0) is 41.8 Å². The van der Waals surface area contributed by atoms with Gasteiger partial charge in [0, 0.05) is 6.04 Å². The minimum Gasteiger partial charge on any atom is -0.350 e. The third kappa shape index (κ3) is 3.53. The second-order valence-electron chi connectivity index (χ2n) is 5.04. The van der Waals surface area contributed by atoms with Crippen molar-refractivity contribution in [1.29, 1.82) is 0 Å². The van der Waals surface area contributed by atoms with Gasteiger partial charge in [-0.2, -0.15) is 4.68 Å². The first-order valence-corrected chi connectivity index (χ1v) is 6.81. The first kappa shape index (κ1) is 13.5. The second-order valence-corrected chi connectivity index (χ2v) is 5.04. The minimum atomic E-state index is 0.350.